The molecule has 2 rings (SSSR count). The number of halogens is 1. The summed E-state index contributed by atoms with van der Waals surface area (Å²) in [6, 6.07) is 5.21. The predicted octanol–water partition coefficient (Wildman–Crippen LogP) is 4.35. The summed E-state index contributed by atoms with van der Waals surface area (Å²) in [6.07, 6.45) is 6.39. The van der Waals surface area contributed by atoms with Crippen LogP contribution in [0.15, 0.2) is 18.2 Å². The summed E-state index contributed by atoms with van der Waals surface area (Å²) in [7, 11) is 1.58. The van der Waals surface area contributed by atoms with E-state index in [2.05, 4.69) is 5.32 Å². The van der Waals surface area contributed by atoms with Crippen LogP contribution in [0.3, 0.4) is 0 Å². The zero-order chi connectivity index (χ0) is 14.4. The first-order chi connectivity index (χ1) is 9.69. The number of benzene rings is 1. The van der Waals surface area contributed by atoms with Crippen molar-refractivity contribution in [3.8, 4) is 5.75 Å². The number of anilines is 1. The van der Waals surface area contributed by atoms with Crippen LogP contribution in [0.1, 0.15) is 32.1 Å². The van der Waals surface area contributed by atoms with Gasteiger partial charge in [0.1, 0.15) is 5.75 Å². The number of nitrogens with one attached hydrogen (secondary N) is 1. The van der Waals surface area contributed by atoms with Crippen molar-refractivity contribution in [2.45, 2.75) is 37.4 Å². The van der Waals surface area contributed by atoms with E-state index in [9.17, 15) is 4.79 Å². The van der Waals surface area contributed by atoms with E-state index in [4.69, 9.17) is 16.3 Å². The maximum Gasteiger partial charge on any atom is 0.234 e. The number of methoxy groups -OCH3 is 1. The number of thioether (sulfide) groups is 1. The van der Waals surface area contributed by atoms with Gasteiger partial charge in [-0.1, -0.05) is 30.9 Å². The number of carbonyl (C=O) groups excluding carboxylic acids is 1. The van der Waals surface area contributed by atoms with Crippen LogP contribution in [0.25, 0.3) is 0 Å². The van der Waals surface area contributed by atoms with Gasteiger partial charge in [0.15, 0.2) is 0 Å². The third kappa shape index (κ3) is 4.60. The standard InChI is InChI=1S/C15H20ClNO2S/c1-19-14-8-7-11(16)9-13(14)17-15(18)10-20-12-5-3-2-4-6-12/h7-9,12H,2-6,10H2,1H3,(H,17,18). The van der Waals surface area contributed by atoms with E-state index in [0.717, 1.165) is 0 Å². The van der Waals surface area contributed by atoms with E-state index in [1.54, 1.807) is 37.1 Å². The van der Waals surface area contributed by atoms with Gasteiger partial charge in [0.2, 0.25) is 5.91 Å². The molecule has 1 aliphatic rings. The second kappa shape index (κ2) is 7.79. The number of rotatable bonds is 5. The lowest BCUT2D eigenvalue weighted by Gasteiger charge is -2.20. The van der Waals surface area contributed by atoms with Crippen molar-refractivity contribution in [1.29, 1.82) is 0 Å². The molecule has 0 saturated heterocycles. The molecule has 1 N–H and O–H groups in total. The van der Waals surface area contributed by atoms with Crippen LogP contribution in [0.4, 0.5) is 5.69 Å². The Kier molecular flexibility index (Phi) is 6.05. The van der Waals surface area contributed by atoms with Crippen LogP contribution in [0.5, 0.6) is 5.75 Å². The van der Waals surface area contributed by atoms with Gasteiger partial charge >= 0.3 is 0 Å². The molecule has 0 unspecified atom stereocenters. The molecule has 1 aromatic rings. The Labute approximate surface area is 129 Å². The maximum absolute atomic E-state index is 12.0. The lowest BCUT2D eigenvalue weighted by molar-refractivity contribution is -0.113. The van der Waals surface area contributed by atoms with Crippen molar-refractivity contribution < 1.29 is 9.53 Å². The topological polar surface area (TPSA) is 38.3 Å². The van der Waals surface area contributed by atoms with Gasteiger partial charge in [-0.2, -0.15) is 0 Å². The van der Waals surface area contributed by atoms with Crippen LogP contribution in [0.2, 0.25) is 5.02 Å². The van der Waals surface area contributed by atoms with Gasteiger partial charge in [0.05, 0.1) is 18.6 Å². The Morgan fingerprint density at radius 1 is 1.40 bits per heavy atom. The largest absolute Gasteiger partial charge is 0.495 e. The average Bonchev–Trinajstić information content (AvgIpc) is 2.46. The first-order valence-electron chi connectivity index (χ1n) is 6.94. The lowest BCUT2D eigenvalue weighted by Crippen LogP contribution is -2.18. The monoisotopic (exact) mass is 313 g/mol. The number of carbonyl (C=O) groups is 1. The Bertz CT molecular complexity index is 461. The minimum absolute atomic E-state index is 0.00106. The second-order valence-electron chi connectivity index (χ2n) is 4.96. The highest BCUT2D eigenvalue weighted by Crippen LogP contribution is 2.30. The molecule has 3 nitrogen and oxygen atoms in total. The smallest absolute Gasteiger partial charge is 0.234 e. The summed E-state index contributed by atoms with van der Waals surface area (Å²) in [6.45, 7) is 0. The molecule has 0 aliphatic heterocycles. The zero-order valence-electron chi connectivity index (χ0n) is 11.7. The minimum Gasteiger partial charge on any atom is -0.495 e. The van der Waals surface area contributed by atoms with Gasteiger partial charge in [-0.15, -0.1) is 11.8 Å². The maximum atomic E-state index is 12.0. The van der Waals surface area contributed by atoms with Crippen LogP contribution in [-0.2, 0) is 4.79 Å². The highest BCUT2D eigenvalue weighted by Gasteiger charge is 2.16. The lowest BCUT2D eigenvalue weighted by atomic mass is 10.0. The summed E-state index contributed by atoms with van der Waals surface area (Å²) >= 11 is 7.70. The van der Waals surface area contributed by atoms with Gasteiger partial charge in [0.25, 0.3) is 0 Å². The van der Waals surface area contributed by atoms with Crippen molar-refractivity contribution >= 4 is 35.0 Å². The second-order valence-corrected chi connectivity index (χ2v) is 6.69. The fourth-order valence-corrected chi connectivity index (χ4v) is 3.69. The summed E-state index contributed by atoms with van der Waals surface area (Å²) in [5.74, 6) is 1.12. The molecule has 1 aliphatic carbocycles. The van der Waals surface area contributed by atoms with Crippen molar-refractivity contribution in [1.82, 2.24) is 0 Å². The van der Waals surface area contributed by atoms with Crippen molar-refractivity contribution in [3.05, 3.63) is 23.2 Å². The molecule has 0 atom stereocenters. The Hall–Kier alpha value is -0.870. The van der Waals surface area contributed by atoms with Crippen LogP contribution in [-0.4, -0.2) is 24.0 Å². The van der Waals surface area contributed by atoms with Crippen LogP contribution in [0, 0.1) is 0 Å². The zero-order valence-corrected chi connectivity index (χ0v) is 13.2. The summed E-state index contributed by atoms with van der Waals surface area (Å²) < 4.78 is 5.22. The SMILES string of the molecule is COc1ccc(Cl)cc1NC(=O)CSC1CCCCC1. The van der Waals surface area contributed by atoms with Gasteiger partial charge in [-0.3, -0.25) is 4.79 Å². The van der Waals surface area contributed by atoms with E-state index in [1.165, 1.54) is 32.1 Å². The first kappa shape index (κ1) is 15.5. The van der Waals surface area contributed by atoms with Crippen molar-refractivity contribution in [3.63, 3.8) is 0 Å². The summed E-state index contributed by atoms with van der Waals surface area (Å²) in [5.41, 5.74) is 0.634. The Morgan fingerprint density at radius 3 is 2.85 bits per heavy atom. The fourth-order valence-electron chi connectivity index (χ4n) is 2.39. The number of hydrogen-bond donors (Lipinski definition) is 1. The van der Waals surface area contributed by atoms with E-state index in [0.29, 0.717) is 27.5 Å². The third-order valence-corrected chi connectivity index (χ3v) is 5.04. The minimum atomic E-state index is 0.00106. The highest BCUT2D eigenvalue weighted by molar-refractivity contribution is 8.00. The average molecular weight is 314 g/mol. The van der Waals surface area contributed by atoms with Gasteiger partial charge in [0, 0.05) is 10.3 Å². The molecule has 0 spiro atoms. The third-order valence-electron chi connectivity index (χ3n) is 3.44. The fraction of sp³-hybridized carbons (Fsp3) is 0.533. The van der Waals surface area contributed by atoms with Gasteiger partial charge in [-0.25, -0.2) is 0 Å². The number of ether oxygens (including phenoxy) is 1. The van der Waals surface area contributed by atoms with E-state index >= 15 is 0 Å². The summed E-state index contributed by atoms with van der Waals surface area (Å²) in [5, 5.41) is 4.09. The molecule has 1 aromatic carbocycles. The Morgan fingerprint density at radius 2 is 2.15 bits per heavy atom. The summed E-state index contributed by atoms with van der Waals surface area (Å²) in [4.78, 5) is 12.0. The van der Waals surface area contributed by atoms with Gasteiger partial charge in [-0.05, 0) is 31.0 Å². The van der Waals surface area contributed by atoms with E-state index in [-0.39, 0.29) is 5.91 Å². The van der Waals surface area contributed by atoms with Crippen LogP contribution < -0.4 is 10.1 Å². The quantitative estimate of drug-likeness (QED) is 0.878. The molecular formula is C15H20ClNO2S. The van der Waals surface area contributed by atoms with Gasteiger partial charge < -0.3 is 10.1 Å². The van der Waals surface area contributed by atoms with Crippen molar-refractivity contribution in [2.75, 3.05) is 18.2 Å². The predicted molar refractivity (Wildman–Crippen MR) is 86.0 cm³/mol. The molecular weight excluding hydrogens is 294 g/mol. The molecule has 20 heavy (non-hydrogen) atoms. The molecule has 110 valence electrons. The molecule has 0 aromatic heterocycles. The molecule has 1 amide bonds. The van der Waals surface area contributed by atoms with E-state index < -0.39 is 0 Å². The molecule has 0 heterocycles. The molecule has 0 radical (unpaired) electrons. The Balaban J connectivity index is 1.86. The normalized spacial score (nSPS) is 15.9. The molecule has 1 fully saturated rings. The highest BCUT2D eigenvalue weighted by atomic mass is 35.5. The molecule has 5 heteroatoms. The first-order valence-corrected chi connectivity index (χ1v) is 8.36. The number of hydrogen-bond acceptors (Lipinski definition) is 3. The number of amides is 1. The van der Waals surface area contributed by atoms with Crippen molar-refractivity contribution in [2.24, 2.45) is 0 Å². The molecule has 0 bridgehead atoms. The van der Waals surface area contributed by atoms with Crippen LogP contribution >= 0.6 is 23.4 Å². The van der Waals surface area contributed by atoms with E-state index in [1.807, 2.05) is 0 Å². The molecule has 1 saturated carbocycles.